The second kappa shape index (κ2) is 5.12. The van der Waals surface area contributed by atoms with E-state index in [1.165, 1.54) is 5.56 Å². The first kappa shape index (κ1) is 13.1. The van der Waals surface area contributed by atoms with Gasteiger partial charge in [0.1, 0.15) is 0 Å². The highest BCUT2D eigenvalue weighted by atomic mass is 35.5. The van der Waals surface area contributed by atoms with Crippen molar-refractivity contribution in [1.82, 2.24) is 15.1 Å². The molecule has 96 valence electrons. The molecule has 0 bridgehead atoms. The standard InChI is InChI=1S/C14H18ClN3/c1-9-7-10(2)18(17-9)14-6-5-12(8-13(14)15)11(3)16-4/h5-8,11,16H,1-4H3. The molecule has 2 rings (SSSR count). The molecule has 1 aromatic heterocycles. The highest BCUT2D eigenvalue weighted by Gasteiger charge is 2.10. The van der Waals surface area contributed by atoms with Gasteiger partial charge in [-0.3, -0.25) is 0 Å². The first-order valence-corrected chi connectivity index (χ1v) is 6.41. The van der Waals surface area contributed by atoms with Crippen LogP contribution in [-0.4, -0.2) is 16.8 Å². The molecule has 1 aromatic carbocycles. The van der Waals surface area contributed by atoms with Crippen molar-refractivity contribution in [2.24, 2.45) is 0 Å². The Balaban J connectivity index is 2.44. The quantitative estimate of drug-likeness (QED) is 0.920. The van der Waals surface area contributed by atoms with E-state index in [2.05, 4.69) is 23.4 Å². The normalized spacial score (nSPS) is 12.7. The molecule has 1 heterocycles. The fourth-order valence-electron chi connectivity index (χ4n) is 2.00. The van der Waals surface area contributed by atoms with Gasteiger partial charge in [-0.15, -0.1) is 0 Å². The molecule has 0 saturated carbocycles. The van der Waals surface area contributed by atoms with Crippen molar-refractivity contribution in [3.05, 3.63) is 46.2 Å². The Morgan fingerprint density at radius 1 is 1.28 bits per heavy atom. The van der Waals surface area contributed by atoms with Crippen molar-refractivity contribution in [2.45, 2.75) is 26.8 Å². The summed E-state index contributed by atoms with van der Waals surface area (Å²) in [5.41, 5.74) is 4.18. The Labute approximate surface area is 113 Å². The summed E-state index contributed by atoms with van der Waals surface area (Å²) in [6.07, 6.45) is 0. The van der Waals surface area contributed by atoms with Crippen molar-refractivity contribution in [3.63, 3.8) is 0 Å². The third-order valence-corrected chi connectivity index (χ3v) is 3.45. The van der Waals surface area contributed by atoms with Crippen molar-refractivity contribution in [1.29, 1.82) is 0 Å². The van der Waals surface area contributed by atoms with Crippen LogP contribution < -0.4 is 5.32 Å². The van der Waals surface area contributed by atoms with E-state index in [0.29, 0.717) is 0 Å². The summed E-state index contributed by atoms with van der Waals surface area (Å²) in [4.78, 5) is 0. The number of nitrogens with zero attached hydrogens (tertiary/aromatic N) is 2. The summed E-state index contributed by atoms with van der Waals surface area (Å²) in [5.74, 6) is 0. The Kier molecular flexibility index (Phi) is 3.73. The van der Waals surface area contributed by atoms with Crippen LogP contribution in [0.5, 0.6) is 0 Å². The van der Waals surface area contributed by atoms with Gasteiger partial charge in [-0.2, -0.15) is 5.10 Å². The van der Waals surface area contributed by atoms with Gasteiger partial charge in [0.05, 0.1) is 16.4 Å². The van der Waals surface area contributed by atoms with Crippen LogP contribution >= 0.6 is 11.6 Å². The molecule has 2 aromatic rings. The second-order valence-electron chi connectivity index (χ2n) is 4.56. The molecule has 4 heteroatoms. The molecule has 1 atom stereocenters. The van der Waals surface area contributed by atoms with E-state index in [4.69, 9.17) is 11.6 Å². The van der Waals surface area contributed by atoms with E-state index in [9.17, 15) is 0 Å². The summed E-state index contributed by atoms with van der Waals surface area (Å²) in [6.45, 7) is 6.12. The van der Waals surface area contributed by atoms with Crippen LogP contribution in [0.1, 0.15) is 29.9 Å². The maximum Gasteiger partial charge on any atom is 0.0835 e. The maximum absolute atomic E-state index is 6.36. The number of benzene rings is 1. The van der Waals surface area contributed by atoms with Crippen LogP contribution in [0.3, 0.4) is 0 Å². The van der Waals surface area contributed by atoms with E-state index in [0.717, 1.165) is 22.1 Å². The van der Waals surface area contributed by atoms with Crippen LogP contribution in [0.15, 0.2) is 24.3 Å². The van der Waals surface area contributed by atoms with E-state index in [1.807, 2.05) is 43.8 Å². The van der Waals surface area contributed by atoms with Crippen molar-refractivity contribution in [3.8, 4) is 5.69 Å². The highest BCUT2D eigenvalue weighted by Crippen LogP contribution is 2.25. The smallest absolute Gasteiger partial charge is 0.0835 e. The lowest BCUT2D eigenvalue weighted by Crippen LogP contribution is -2.12. The number of nitrogens with one attached hydrogen (secondary N) is 1. The first-order valence-electron chi connectivity index (χ1n) is 6.03. The molecular formula is C14H18ClN3. The topological polar surface area (TPSA) is 29.9 Å². The van der Waals surface area contributed by atoms with Gasteiger partial charge < -0.3 is 5.32 Å². The number of halogens is 1. The summed E-state index contributed by atoms with van der Waals surface area (Å²) in [7, 11) is 1.94. The largest absolute Gasteiger partial charge is 0.313 e. The lowest BCUT2D eigenvalue weighted by Gasteiger charge is -2.13. The third kappa shape index (κ3) is 2.42. The van der Waals surface area contributed by atoms with Gasteiger partial charge >= 0.3 is 0 Å². The molecule has 0 spiro atoms. The number of aryl methyl sites for hydroxylation is 2. The Morgan fingerprint density at radius 2 is 2.00 bits per heavy atom. The fourth-order valence-corrected chi connectivity index (χ4v) is 2.27. The lowest BCUT2D eigenvalue weighted by atomic mass is 10.1. The van der Waals surface area contributed by atoms with Crippen molar-refractivity contribution < 1.29 is 0 Å². The molecular weight excluding hydrogens is 246 g/mol. The molecule has 0 aliphatic rings. The SMILES string of the molecule is CNC(C)c1ccc(-n2nc(C)cc2C)c(Cl)c1. The summed E-state index contributed by atoms with van der Waals surface area (Å²) >= 11 is 6.36. The van der Waals surface area contributed by atoms with Crippen LogP contribution in [-0.2, 0) is 0 Å². The molecule has 0 fully saturated rings. The Bertz CT molecular complexity index is 560. The summed E-state index contributed by atoms with van der Waals surface area (Å²) < 4.78 is 1.88. The van der Waals surface area contributed by atoms with Crippen LogP contribution in [0, 0.1) is 13.8 Å². The van der Waals surface area contributed by atoms with Gasteiger partial charge in [0.25, 0.3) is 0 Å². The van der Waals surface area contributed by atoms with Gasteiger partial charge in [0.15, 0.2) is 0 Å². The van der Waals surface area contributed by atoms with Gasteiger partial charge in [-0.1, -0.05) is 17.7 Å². The molecule has 1 unspecified atom stereocenters. The van der Waals surface area contributed by atoms with Gasteiger partial charge in [0.2, 0.25) is 0 Å². The zero-order valence-electron chi connectivity index (χ0n) is 11.2. The van der Waals surface area contributed by atoms with Gasteiger partial charge in [-0.25, -0.2) is 4.68 Å². The predicted molar refractivity (Wildman–Crippen MR) is 75.5 cm³/mol. The van der Waals surface area contributed by atoms with Crippen LogP contribution in [0.2, 0.25) is 5.02 Å². The van der Waals surface area contributed by atoms with E-state index in [1.54, 1.807) is 0 Å². The maximum atomic E-state index is 6.36. The molecule has 1 N–H and O–H groups in total. The molecule has 3 nitrogen and oxygen atoms in total. The van der Waals surface area contributed by atoms with E-state index in [-0.39, 0.29) is 6.04 Å². The van der Waals surface area contributed by atoms with Crippen molar-refractivity contribution in [2.75, 3.05) is 7.05 Å². The second-order valence-corrected chi connectivity index (χ2v) is 4.97. The van der Waals surface area contributed by atoms with Crippen LogP contribution in [0.25, 0.3) is 5.69 Å². The fraction of sp³-hybridized carbons (Fsp3) is 0.357. The Hall–Kier alpha value is -1.32. The summed E-state index contributed by atoms with van der Waals surface area (Å²) in [6, 6.07) is 8.43. The predicted octanol–water partition coefficient (Wildman–Crippen LogP) is 3.42. The minimum atomic E-state index is 0.289. The average molecular weight is 264 g/mol. The molecule has 18 heavy (non-hydrogen) atoms. The monoisotopic (exact) mass is 263 g/mol. The summed E-state index contributed by atoms with van der Waals surface area (Å²) in [5, 5.41) is 8.38. The number of hydrogen-bond acceptors (Lipinski definition) is 2. The zero-order chi connectivity index (χ0) is 13.3. The minimum Gasteiger partial charge on any atom is -0.313 e. The van der Waals surface area contributed by atoms with E-state index >= 15 is 0 Å². The Morgan fingerprint density at radius 3 is 2.50 bits per heavy atom. The molecule has 0 saturated heterocycles. The zero-order valence-corrected chi connectivity index (χ0v) is 11.9. The van der Waals surface area contributed by atoms with E-state index < -0.39 is 0 Å². The lowest BCUT2D eigenvalue weighted by molar-refractivity contribution is 0.652. The van der Waals surface area contributed by atoms with Crippen molar-refractivity contribution >= 4 is 11.6 Å². The number of hydrogen-bond donors (Lipinski definition) is 1. The molecule has 0 radical (unpaired) electrons. The van der Waals surface area contributed by atoms with Gasteiger partial charge in [-0.05, 0) is 51.6 Å². The highest BCUT2D eigenvalue weighted by molar-refractivity contribution is 6.32. The van der Waals surface area contributed by atoms with Gasteiger partial charge in [0, 0.05) is 11.7 Å². The first-order chi connectivity index (χ1) is 8.52. The number of rotatable bonds is 3. The minimum absolute atomic E-state index is 0.289. The molecule has 0 aliphatic carbocycles. The average Bonchev–Trinajstić information content (AvgIpc) is 2.67. The molecule has 0 amide bonds. The van der Waals surface area contributed by atoms with Crippen LogP contribution in [0.4, 0.5) is 0 Å². The third-order valence-electron chi connectivity index (χ3n) is 3.14. The number of aromatic nitrogens is 2. The molecule has 0 aliphatic heterocycles.